The largest absolute Gasteiger partial charge is 0.463 e. The number of aryl methyl sites for hydroxylation is 1. The van der Waals surface area contributed by atoms with Crippen LogP contribution in [0.2, 0.25) is 0 Å². The van der Waals surface area contributed by atoms with Crippen molar-refractivity contribution in [2.24, 2.45) is 0 Å². The average molecular weight is 477 g/mol. The van der Waals surface area contributed by atoms with Gasteiger partial charge in [-0.15, -0.1) is 0 Å². The maximum absolute atomic E-state index is 12.9. The molecule has 2 heterocycles. The van der Waals surface area contributed by atoms with Gasteiger partial charge in [0.05, 0.1) is 24.6 Å². The molecule has 1 atom stereocenters. The van der Waals surface area contributed by atoms with E-state index >= 15 is 0 Å². The number of nitrogens with one attached hydrogen (secondary N) is 2. The summed E-state index contributed by atoms with van der Waals surface area (Å²) in [6.07, 6.45) is 0.394. The number of urea groups is 1. The number of carbonyl (C=O) groups is 3. The molecular weight excluding hydrogens is 444 g/mol. The van der Waals surface area contributed by atoms with Crippen molar-refractivity contribution in [2.75, 3.05) is 39.3 Å². The highest BCUT2D eigenvalue weighted by Gasteiger charge is 2.34. The van der Waals surface area contributed by atoms with Crippen LogP contribution < -0.4 is 10.6 Å². The Bertz CT molecular complexity index is 1110. The summed E-state index contributed by atoms with van der Waals surface area (Å²) in [6.45, 7) is 6.92. The summed E-state index contributed by atoms with van der Waals surface area (Å²) in [5, 5.41) is 5.69. The van der Waals surface area contributed by atoms with Gasteiger partial charge in [0, 0.05) is 38.4 Å². The molecule has 2 aliphatic heterocycles. The van der Waals surface area contributed by atoms with Gasteiger partial charge in [0.2, 0.25) is 5.91 Å². The normalized spacial score (nSPS) is 18.6. The number of esters is 1. The summed E-state index contributed by atoms with van der Waals surface area (Å²) in [5.41, 5.74) is 3.94. The lowest BCUT2D eigenvalue weighted by Gasteiger charge is -2.37. The van der Waals surface area contributed by atoms with Crippen LogP contribution in [0.15, 0.2) is 65.9 Å². The van der Waals surface area contributed by atoms with Crippen LogP contribution in [0.5, 0.6) is 0 Å². The van der Waals surface area contributed by atoms with Gasteiger partial charge in [0.1, 0.15) is 0 Å². The average Bonchev–Trinajstić information content (AvgIpc) is 2.86. The van der Waals surface area contributed by atoms with E-state index in [1.165, 1.54) is 0 Å². The van der Waals surface area contributed by atoms with E-state index in [9.17, 15) is 14.4 Å². The van der Waals surface area contributed by atoms with Gasteiger partial charge in [-0.1, -0.05) is 54.6 Å². The van der Waals surface area contributed by atoms with E-state index in [-0.39, 0.29) is 18.5 Å². The van der Waals surface area contributed by atoms with Crippen LogP contribution in [0, 0.1) is 6.92 Å². The van der Waals surface area contributed by atoms with Crippen LogP contribution in [0.25, 0.3) is 0 Å². The number of nitrogens with zero attached hydrogens (tertiary/aromatic N) is 2. The van der Waals surface area contributed by atoms with Crippen molar-refractivity contribution in [3.8, 4) is 0 Å². The highest BCUT2D eigenvalue weighted by molar-refractivity contribution is 5.95. The SMILES string of the molecule is CCOC(=O)C1=C(CN2CCN(C(=O)Cc3ccccc3C)CC2)NC(=O)NC1c1ccccc1. The molecular formula is C27H32N4O4. The van der Waals surface area contributed by atoms with Crippen LogP contribution in [-0.4, -0.2) is 67.0 Å². The number of piperazine rings is 1. The second kappa shape index (κ2) is 11.2. The van der Waals surface area contributed by atoms with Gasteiger partial charge in [0.25, 0.3) is 0 Å². The van der Waals surface area contributed by atoms with Crippen LogP contribution >= 0.6 is 0 Å². The first-order chi connectivity index (χ1) is 17.0. The second-order valence-electron chi connectivity index (χ2n) is 8.82. The highest BCUT2D eigenvalue weighted by Crippen LogP contribution is 2.28. The molecule has 4 rings (SSSR count). The standard InChI is InChI=1S/C27H32N4O4/c1-3-35-26(33)24-22(28-27(34)29-25(24)20-10-5-4-6-11-20)18-30-13-15-31(16-14-30)23(32)17-21-12-8-7-9-19(21)2/h4-12,25H,3,13-18H2,1-2H3,(H2,28,29,34). The molecule has 8 heteroatoms. The summed E-state index contributed by atoms with van der Waals surface area (Å²) in [7, 11) is 0. The Morgan fingerprint density at radius 1 is 1.00 bits per heavy atom. The molecule has 0 saturated carbocycles. The van der Waals surface area contributed by atoms with Crippen LogP contribution in [0.4, 0.5) is 4.79 Å². The van der Waals surface area contributed by atoms with E-state index in [1.807, 2.05) is 66.4 Å². The van der Waals surface area contributed by atoms with E-state index in [2.05, 4.69) is 15.5 Å². The summed E-state index contributed by atoms with van der Waals surface area (Å²) in [5.74, 6) is -0.333. The quantitative estimate of drug-likeness (QED) is 0.600. The van der Waals surface area contributed by atoms with Crippen molar-refractivity contribution in [1.29, 1.82) is 0 Å². The van der Waals surface area contributed by atoms with Crippen molar-refractivity contribution >= 4 is 17.9 Å². The monoisotopic (exact) mass is 476 g/mol. The summed E-state index contributed by atoms with van der Waals surface area (Å²) >= 11 is 0. The van der Waals surface area contributed by atoms with Crippen LogP contribution in [-0.2, 0) is 20.7 Å². The van der Waals surface area contributed by atoms with E-state index < -0.39 is 12.0 Å². The molecule has 184 valence electrons. The maximum Gasteiger partial charge on any atom is 0.338 e. The number of amides is 3. The maximum atomic E-state index is 12.9. The molecule has 0 aromatic heterocycles. The summed E-state index contributed by atoms with van der Waals surface area (Å²) in [6, 6.07) is 16.4. The van der Waals surface area contributed by atoms with Gasteiger partial charge >= 0.3 is 12.0 Å². The van der Waals surface area contributed by atoms with E-state index in [4.69, 9.17) is 4.74 Å². The minimum atomic E-state index is -0.587. The molecule has 0 bridgehead atoms. The van der Waals surface area contributed by atoms with E-state index in [0.29, 0.717) is 50.4 Å². The topological polar surface area (TPSA) is 91.0 Å². The lowest BCUT2D eigenvalue weighted by molar-refractivity contribution is -0.139. The third-order valence-corrected chi connectivity index (χ3v) is 6.49. The smallest absolute Gasteiger partial charge is 0.338 e. The Balaban J connectivity index is 1.46. The van der Waals surface area contributed by atoms with E-state index in [0.717, 1.165) is 16.7 Å². The minimum absolute atomic E-state index is 0.115. The molecule has 1 unspecified atom stereocenters. The zero-order valence-corrected chi connectivity index (χ0v) is 20.3. The zero-order valence-electron chi connectivity index (χ0n) is 20.3. The van der Waals surface area contributed by atoms with Gasteiger partial charge in [-0.25, -0.2) is 9.59 Å². The van der Waals surface area contributed by atoms with Crippen molar-refractivity contribution in [3.05, 3.63) is 82.6 Å². The number of carbonyl (C=O) groups excluding carboxylic acids is 3. The van der Waals surface area contributed by atoms with Crippen molar-refractivity contribution in [3.63, 3.8) is 0 Å². The van der Waals surface area contributed by atoms with Gasteiger partial charge in [0.15, 0.2) is 0 Å². The fourth-order valence-electron chi connectivity index (χ4n) is 4.55. The molecule has 0 spiro atoms. The third-order valence-electron chi connectivity index (χ3n) is 6.49. The minimum Gasteiger partial charge on any atom is -0.463 e. The summed E-state index contributed by atoms with van der Waals surface area (Å²) in [4.78, 5) is 42.3. The molecule has 35 heavy (non-hydrogen) atoms. The van der Waals surface area contributed by atoms with Crippen molar-refractivity contribution < 1.29 is 19.1 Å². The first kappa shape index (κ1) is 24.5. The number of benzene rings is 2. The Kier molecular flexibility index (Phi) is 7.82. The molecule has 0 radical (unpaired) electrons. The second-order valence-corrected chi connectivity index (χ2v) is 8.82. The van der Waals surface area contributed by atoms with E-state index in [1.54, 1.807) is 6.92 Å². The van der Waals surface area contributed by atoms with Crippen molar-refractivity contribution in [2.45, 2.75) is 26.3 Å². The highest BCUT2D eigenvalue weighted by atomic mass is 16.5. The third kappa shape index (κ3) is 5.89. The van der Waals surface area contributed by atoms with Gasteiger partial charge in [-0.05, 0) is 30.5 Å². The van der Waals surface area contributed by atoms with Gasteiger partial charge in [-0.2, -0.15) is 0 Å². The molecule has 1 fully saturated rings. The number of ether oxygens (including phenoxy) is 1. The molecule has 3 amide bonds. The van der Waals surface area contributed by atoms with Gasteiger partial charge < -0.3 is 20.3 Å². The predicted molar refractivity (Wildman–Crippen MR) is 132 cm³/mol. The molecule has 2 aromatic carbocycles. The fraction of sp³-hybridized carbons (Fsp3) is 0.370. The van der Waals surface area contributed by atoms with Crippen LogP contribution in [0.1, 0.15) is 29.7 Å². The van der Waals surface area contributed by atoms with Crippen LogP contribution in [0.3, 0.4) is 0 Å². The Morgan fingerprint density at radius 2 is 1.69 bits per heavy atom. The molecule has 2 N–H and O–H groups in total. The Labute approximate surface area is 205 Å². The zero-order chi connectivity index (χ0) is 24.8. The van der Waals surface area contributed by atoms with Gasteiger partial charge in [-0.3, -0.25) is 9.69 Å². The first-order valence-corrected chi connectivity index (χ1v) is 12.0. The first-order valence-electron chi connectivity index (χ1n) is 12.0. The molecule has 2 aliphatic rings. The number of hydrogen-bond donors (Lipinski definition) is 2. The Morgan fingerprint density at radius 3 is 2.37 bits per heavy atom. The lowest BCUT2D eigenvalue weighted by atomic mass is 9.95. The fourth-order valence-corrected chi connectivity index (χ4v) is 4.55. The number of rotatable bonds is 7. The molecule has 2 aromatic rings. The molecule has 8 nitrogen and oxygen atoms in total. The lowest BCUT2D eigenvalue weighted by Crippen LogP contribution is -2.52. The van der Waals surface area contributed by atoms with Crippen molar-refractivity contribution in [1.82, 2.24) is 20.4 Å². The number of hydrogen-bond acceptors (Lipinski definition) is 5. The molecule has 1 saturated heterocycles. The summed E-state index contributed by atoms with van der Waals surface area (Å²) < 4.78 is 5.34. The molecule has 0 aliphatic carbocycles. The Hall–Kier alpha value is -3.65. The predicted octanol–water partition coefficient (Wildman–Crippen LogP) is 2.55.